The summed E-state index contributed by atoms with van der Waals surface area (Å²) < 4.78 is 46.0. The molecule has 15 heteroatoms. The molecule has 4 aromatic heterocycles. The Morgan fingerprint density at radius 1 is 0.192 bits per heavy atom. The fourth-order valence-corrected chi connectivity index (χ4v) is 13.5. The first-order valence-electron chi connectivity index (χ1n) is 41.1. The van der Waals surface area contributed by atoms with Crippen LogP contribution in [0.5, 0.6) is 34.5 Å². The fraction of sp³-hybridized carbons (Fsp3) is 0.714. The molecule has 7 aromatic rings. The first kappa shape index (κ1) is 80.2. The normalized spacial score (nSPS) is 11.7. The van der Waals surface area contributed by atoms with Crippen molar-refractivity contribution in [1.82, 2.24) is 43.8 Å². The minimum absolute atomic E-state index is 0.474. The molecule has 4 heterocycles. The third-order valence-electron chi connectivity index (χ3n) is 19.6. The monoisotopic (exact) mass is 1370 g/mol. The maximum Gasteiger partial charge on any atom is 0.247 e. The zero-order valence-electron chi connectivity index (χ0n) is 63.4. The minimum atomic E-state index is 0.474. The van der Waals surface area contributed by atoms with E-state index in [1.165, 1.54) is 231 Å². The Kier molecular flexibility index (Phi) is 40.7. The molecule has 0 saturated heterocycles. The lowest BCUT2D eigenvalue weighted by molar-refractivity contribution is 0.289. The average Bonchev–Trinajstić information content (AvgIpc) is 1.55. The number of fused-ring (bicyclic) bond motifs is 6. The number of nitrogens with zero attached hydrogens (tertiary/aromatic N) is 9. The molecule has 552 valence electrons. The molecule has 0 spiro atoms. The summed E-state index contributed by atoms with van der Waals surface area (Å²) in [5.41, 5.74) is 2.34. The van der Waals surface area contributed by atoms with Gasteiger partial charge in [0.1, 0.15) is 34.5 Å². The summed E-state index contributed by atoms with van der Waals surface area (Å²) in [4.78, 5) is 0. The van der Waals surface area contributed by atoms with Crippen molar-refractivity contribution in [2.75, 3.05) is 39.6 Å². The van der Waals surface area contributed by atoms with Crippen molar-refractivity contribution in [3.05, 3.63) is 54.6 Å². The molecule has 0 atom stereocenters. The van der Waals surface area contributed by atoms with Crippen LogP contribution in [0.2, 0.25) is 0 Å². The van der Waals surface area contributed by atoms with E-state index in [2.05, 4.69) is 77.9 Å². The molecule has 0 unspecified atom stereocenters. The maximum atomic E-state index is 6.68. The Hall–Kier alpha value is -6.12. The Morgan fingerprint density at radius 2 is 0.343 bits per heavy atom. The largest absolute Gasteiger partial charge is 0.493 e. The number of benzene rings is 3. The Morgan fingerprint density at radius 3 is 0.505 bits per heavy atom. The zero-order valence-corrected chi connectivity index (χ0v) is 63.4. The summed E-state index contributed by atoms with van der Waals surface area (Å²) in [7, 11) is 0. The molecule has 3 aromatic carbocycles. The molecule has 0 aliphatic rings. The molecule has 0 aliphatic heterocycles. The van der Waals surface area contributed by atoms with Crippen LogP contribution in [0.1, 0.15) is 350 Å². The molecule has 0 aliphatic carbocycles. The van der Waals surface area contributed by atoms with Crippen molar-refractivity contribution >= 4 is 17.3 Å². The van der Waals surface area contributed by atoms with Crippen molar-refractivity contribution in [3.8, 4) is 68.7 Å². The topological polar surface area (TPSA) is 146 Å². The number of aromatic nitrogens is 9. The number of hydrogen-bond acceptors (Lipinski definition) is 12. The summed E-state index contributed by atoms with van der Waals surface area (Å²) in [5, 5.41) is 30.5. The lowest BCUT2D eigenvalue weighted by Gasteiger charge is -2.14. The van der Waals surface area contributed by atoms with Gasteiger partial charge in [-0.2, -0.15) is 0 Å². The molecular formula is C84H135N9O6. The van der Waals surface area contributed by atoms with Gasteiger partial charge in [0, 0.05) is 34.9 Å². The Bertz CT molecular complexity index is 2720. The van der Waals surface area contributed by atoms with Gasteiger partial charge in [-0.3, -0.25) is 0 Å². The number of unbranched alkanes of at least 4 members (excludes halogenated alkanes) is 42. The molecular weight excluding hydrogens is 1230 g/mol. The third kappa shape index (κ3) is 29.4. The molecule has 0 radical (unpaired) electrons. The molecule has 15 nitrogen and oxygen atoms in total. The molecule has 99 heavy (non-hydrogen) atoms. The van der Waals surface area contributed by atoms with Crippen LogP contribution in [0, 0.1) is 0 Å². The molecule has 0 bridgehead atoms. The van der Waals surface area contributed by atoms with E-state index in [9.17, 15) is 0 Å². The van der Waals surface area contributed by atoms with Crippen molar-refractivity contribution in [1.29, 1.82) is 0 Å². The van der Waals surface area contributed by atoms with Gasteiger partial charge >= 0.3 is 0 Å². The van der Waals surface area contributed by atoms with Gasteiger partial charge in [-0.1, -0.05) is 311 Å². The summed E-state index contributed by atoms with van der Waals surface area (Å²) in [5.74, 6) is 7.47. The van der Waals surface area contributed by atoms with Crippen molar-refractivity contribution in [2.24, 2.45) is 0 Å². The van der Waals surface area contributed by atoms with Crippen molar-refractivity contribution in [3.63, 3.8) is 0 Å². The summed E-state index contributed by atoms with van der Waals surface area (Å²) in [6.07, 6.45) is 58.8. The van der Waals surface area contributed by atoms with Crippen molar-refractivity contribution < 1.29 is 28.4 Å². The van der Waals surface area contributed by atoms with E-state index in [1.54, 1.807) is 0 Å². The van der Waals surface area contributed by atoms with Crippen LogP contribution in [0.15, 0.2) is 54.6 Å². The first-order valence-corrected chi connectivity index (χ1v) is 41.1. The van der Waals surface area contributed by atoms with Crippen LogP contribution in [-0.2, 0) is 0 Å². The van der Waals surface area contributed by atoms with Gasteiger partial charge in [-0.05, 0) is 74.9 Å². The van der Waals surface area contributed by atoms with E-state index >= 15 is 0 Å². The van der Waals surface area contributed by atoms with Crippen LogP contribution in [0.3, 0.4) is 0 Å². The van der Waals surface area contributed by atoms with E-state index in [-0.39, 0.29) is 0 Å². The van der Waals surface area contributed by atoms with Crippen LogP contribution in [0.4, 0.5) is 0 Å². The maximum absolute atomic E-state index is 6.68. The predicted molar refractivity (Wildman–Crippen MR) is 411 cm³/mol. The van der Waals surface area contributed by atoms with Gasteiger partial charge in [0.05, 0.1) is 39.6 Å². The van der Waals surface area contributed by atoms with E-state index in [0.717, 1.165) is 128 Å². The smallest absolute Gasteiger partial charge is 0.247 e. The molecule has 0 amide bonds. The van der Waals surface area contributed by atoms with Gasteiger partial charge in [0.2, 0.25) is 17.3 Å². The molecule has 7 rings (SSSR count). The zero-order chi connectivity index (χ0) is 69.4. The highest BCUT2D eigenvalue weighted by Crippen LogP contribution is 2.37. The fourth-order valence-electron chi connectivity index (χ4n) is 13.5. The summed E-state index contributed by atoms with van der Waals surface area (Å²) in [6.45, 7) is 17.3. The van der Waals surface area contributed by atoms with Gasteiger partial charge < -0.3 is 28.4 Å². The van der Waals surface area contributed by atoms with E-state index in [4.69, 9.17) is 59.0 Å². The lowest BCUT2D eigenvalue weighted by Crippen LogP contribution is -2.08. The second-order valence-electron chi connectivity index (χ2n) is 28.5. The number of hydrogen-bond donors (Lipinski definition) is 0. The number of ether oxygens (including phenoxy) is 6. The number of rotatable bonds is 63. The van der Waals surface area contributed by atoms with E-state index in [0.29, 0.717) is 74.4 Å². The Balaban J connectivity index is 1.30. The Labute approximate surface area is 599 Å². The lowest BCUT2D eigenvalue weighted by atomic mass is 10.1. The molecule has 0 saturated carbocycles. The van der Waals surface area contributed by atoms with Gasteiger partial charge in [-0.25, -0.2) is 13.2 Å². The standard InChI is InChI=1S/C84H135N9O6/c1-7-13-19-25-31-37-43-49-55-94-73-61-70(62-74(67-73)95-56-50-44-38-32-26-20-14-8-2)79-85-88-82-91(79)83-89-86-80(71-63-75(96-57-51-45-39-33-27-21-15-9-3)68-76(64-71)97-58-52-46-40-34-28-22-16-10-4)93(83)84-90-87-81(92(82)84)72-65-77(98-59-53-47-41-35-29-23-17-11-5)69-78(66-72)99-60-54-48-42-36-30-24-18-12-6/h61-69H,7-60H2,1-6H3. The van der Waals surface area contributed by atoms with Crippen LogP contribution in [0.25, 0.3) is 51.5 Å². The van der Waals surface area contributed by atoms with Gasteiger partial charge in [-0.15, -0.1) is 30.6 Å². The second kappa shape index (κ2) is 50.3. The minimum Gasteiger partial charge on any atom is -0.493 e. The highest BCUT2D eigenvalue weighted by Gasteiger charge is 2.27. The van der Waals surface area contributed by atoms with Crippen LogP contribution < -0.4 is 28.4 Å². The predicted octanol–water partition coefficient (Wildman–Crippen LogP) is 24.9. The van der Waals surface area contributed by atoms with Crippen LogP contribution >= 0.6 is 0 Å². The van der Waals surface area contributed by atoms with Gasteiger partial charge in [0.15, 0.2) is 17.5 Å². The van der Waals surface area contributed by atoms with E-state index < -0.39 is 0 Å². The van der Waals surface area contributed by atoms with Crippen molar-refractivity contribution in [2.45, 2.75) is 350 Å². The van der Waals surface area contributed by atoms with Crippen LogP contribution in [-0.4, -0.2) is 83.4 Å². The summed E-state index contributed by atoms with van der Waals surface area (Å²) in [6, 6.07) is 18.6. The average molecular weight is 1370 g/mol. The third-order valence-corrected chi connectivity index (χ3v) is 19.6. The highest BCUT2D eigenvalue weighted by molar-refractivity contribution is 5.74. The SMILES string of the molecule is CCCCCCCCCCOc1cc(OCCCCCCCCCC)cc(-c2nnc3n2c2nnc(-c4cc(OCCCCCCCCCC)cc(OCCCCCCCCCC)c4)n2c2nnc(-c4cc(OCCCCCCCCCC)cc(OCCCCCCCCCC)c4)n32)c1. The van der Waals surface area contributed by atoms with E-state index in [1.807, 2.05) is 31.4 Å². The molecule has 0 N–H and O–H groups in total. The highest BCUT2D eigenvalue weighted by atomic mass is 16.5. The summed E-state index contributed by atoms with van der Waals surface area (Å²) >= 11 is 0. The quantitative estimate of drug-likeness (QED) is 0.0334. The van der Waals surface area contributed by atoms with Gasteiger partial charge in [0.25, 0.3) is 0 Å². The second-order valence-corrected chi connectivity index (χ2v) is 28.5. The molecule has 0 fully saturated rings. The first-order chi connectivity index (χ1) is 49.0.